The van der Waals surface area contributed by atoms with Crippen molar-refractivity contribution >= 4 is 0 Å². The van der Waals surface area contributed by atoms with Crippen LogP contribution >= 0.6 is 0 Å². The molecule has 4 saturated heterocycles. The smallest absolute Gasteiger partial charge is 0.116 e. The molecule has 0 radical (unpaired) electrons. The van der Waals surface area contributed by atoms with E-state index in [4.69, 9.17) is 4.74 Å². The van der Waals surface area contributed by atoms with Gasteiger partial charge in [0.1, 0.15) is 6.23 Å². The second-order valence-electron chi connectivity index (χ2n) is 10.9. The van der Waals surface area contributed by atoms with Gasteiger partial charge in [-0.3, -0.25) is 4.90 Å². The molecule has 0 aromatic rings. The fourth-order valence-corrected chi connectivity index (χ4v) is 10.5. The standard InChI is InChI=1S/C22H31NO3/c1-4-23-17-12-7-14-20(3)6-5-16(26-19(20)23)22(14,17)15-8-13(24)11-9-21(12,15)18(25)10(11)2/h11-19,24-25H,2,4-9H2,1,3H3/t11-,12+,13+,14-,15-,16+,17?,18-,19?,20-,21+,22+/m1/s1. The SMILES string of the molecule is C=C1[C@H]2C[C@@]3([C@@H]1O)[C@@H](C[C@@H]2O)[C@@]12C4[C@@H]3C[C@@H]1[C@@]1(C)CC[C@@H]2OC1N4CC. The number of hydrogen-bond donors (Lipinski definition) is 2. The normalized spacial score (nSPS) is 69.5. The molecule has 4 nitrogen and oxygen atoms in total. The van der Waals surface area contributed by atoms with Gasteiger partial charge in [-0.15, -0.1) is 0 Å². The van der Waals surface area contributed by atoms with E-state index in [1.807, 2.05) is 0 Å². The van der Waals surface area contributed by atoms with E-state index < -0.39 is 6.10 Å². The van der Waals surface area contributed by atoms with E-state index in [2.05, 4.69) is 25.3 Å². The molecule has 4 heterocycles. The van der Waals surface area contributed by atoms with Gasteiger partial charge < -0.3 is 14.9 Å². The quantitative estimate of drug-likeness (QED) is 0.706. The number of fused-ring (bicyclic) bond motifs is 2. The van der Waals surface area contributed by atoms with Crippen molar-refractivity contribution in [1.82, 2.24) is 4.90 Å². The number of hydrogen-bond acceptors (Lipinski definition) is 4. The molecule has 12 atom stereocenters. The van der Waals surface area contributed by atoms with Crippen molar-refractivity contribution in [3.8, 4) is 0 Å². The van der Waals surface area contributed by atoms with Crippen LogP contribution in [-0.2, 0) is 4.74 Å². The minimum absolute atomic E-state index is 0.0470. The monoisotopic (exact) mass is 357 g/mol. The molecule has 2 N–H and O–H groups in total. The average Bonchev–Trinajstić information content (AvgIpc) is 3.17. The lowest BCUT2D eigenvalue weighted by Crippen LogP contribution is -2.78. The first-order chi connectivity index (χ1) is 12.4. The lowest BCUT2D eigenvalue weighted by Gasteiger charge is -2.73. The molecule has 2 spiro atoms. The number of aliphatic hydroxyl groups excluding tert-OH is 2. The van der Waals surface area contributed by atoms with E-state index in [0.29, 0.717) is 29.9 Å². The molecule has 2 unspecified atom stereocenters. The summed E-state index contributed by atoms with van der Waals surface area (Å²) < 4.78 is 6.78. The Labute approximate surface area is 155 Å². The zero-order valence-electron chi connectivity index (χ0n) is 15.9. The van der Waals surface area contributed by atoms with Crippen LogP contribution in [0.25, 0.3) is 0 Å². The van der Waals surface area contributed by atoms with Crippen LogP contribution in [0.15, 0.2) is 12.2 Å². The van der Waals surface area contributed by atoms with E-state index in [0.717, 1.165) is 25.0 Å². The molecular formula is C22H31NO3. The Morgan fingerprint density at radius 1 is 1.27 bits per heavy atom. The van der Waals surface area contributed by atoms with Crippen LogP contribution in [0.3, 0.4) is 0 Å². The van der Waals surface area contributed by atoms with Gasteiger partial charge in [0, 0.05) is 28.2 Å². The summed E-state index contributed by atoms with van der Waals surface area (Å²) in [5, 5.41) is 22.4. The molecule has 4 heteroatoms. The van der Waals surface area contributed by atoms with Gasteiger partial charge in [0.15, 0.2) is 0 Å². The van der Waals surface area contributed by atoms with Crippen LogP contribution in [0.2, 0.25) is 0 Å². The number of rotatable bonds is 1. The lowest BCUT2D eigenvalue weighted by molar-refractivity contribution is -0.372. The molecule has 0 aromatic heterocycles. The molecule has 9 bridgehead atoms. The van der Waals surface area contributed by atoms with Crippen LogP contribution < -0.4 is 0 Å². The average molecular weight is 357 g/mol. The van der Waals surface area contributed by atoms with Crippen molar-refractivity contribution < 1.29 is 14.9 Å². The molecule has 9 rings (SSSR count). The molecule has 0 amide bonds. The largest absolute Gasteiger partial charge is 0.392 e. The summed E-state index contributed by atoms with van der Waals surface area (Å²) in [6, 6.07) is 0.547. The third kappa shape index (κ3) is 1.14. The summed E-state index contributed by atoms with van der Waals surface area (Å²) in [5.74, 6) is 1.77. The van der Waals surface area contributed by atoms with Crippen molar-refractivity contribution in [2.45, 2.75) is 76.5 Å². The van der Waals surface area contributed by atoms with Gasteiger partial charge >= 0.3 is 0 Å². The van der Waals surface area contributed by atoms with Gasteiger partial charge in [-0.1, -0.05) is 20.4 Å². The van der Waals surface area contributed by atoms with Gasteiger partial charge in [0.25, 0.3) is 0 Å². The molecule has 142 valence electrons. The van der Waals surface area contributed by atoms with Crippen LogP contribution in [0, 0.1) is 39.9 Å². The summed E-state index contributed by atoms with van der Waals surface area (Å²) in [4.78, 5) is 2.69. The Morgan fingerprint density at radius 3 is 2.85 bits per heavy atom. The summed E-state index contributed by atoms with van der Waals surface area (Å²) in [6.45, 7) is 10.1. The summed E-state index contributed by atoms with van der Waals surface area (Å²) in [5.41, 5.74) is 1.28. The summed E-state index contributed by atoms with van der Waals surface area (Å²) in [7, 11) is 0. The van der Waals surface area contributed by atoms with E-state index >= 15 is 0 Å². The molecule has 5 saturated carbocycles. The Bertz CT molecular complexity index is 739. The van der Waals surface area contributed by atoms with E-state index in [1.165, 1.54) is 19.3 Å². The number of aliphatic hydroxyl groups is 2. The maximum atomic E-state index is 11.4. The van der Waals surface area contributed by atoms with Gasteiger partial charge in [0.05, 0.1) is 18.3 Å². The molecule has 9 aliphatic rings. The second kappa shape index (κ2) is 4.12. The lowest BCUT2D eigenvalue weighted by atomic mass is 9.41. The Kier molecular flexibility index (Phi) is 2.46. The zero-order chi connectivity index (χ0) is 17.8. The van der Waals surface area contributed by atoms with Crippen molar-refractivity contribution in [2.75, 3.05) is 6.54 Å². The zero-order valence-corrected chi connectivity index (χ0v) is 15.9. The first kappa shape index (κ1) is 15.5. The molecule has 9 fully saturated rings. The third-order valence-electron chi connectivity index (χ3n) is 11.0. The molecular weight excluding hydrogens is 326 g/mol. The van der Waals surface area contributed by atoms with Crippen LogP contribution in [-0.4, -0.2) is 52.2 Å². The van der Waals surface area contributed by atoms with E-state index in [1.54, 1.807) is 0 Å². The fraction of sp³-hybridized carbons (Fsp3) is 0.909. The Morgan fingerprint density at radius 2 is 2.08 bits per heavy atom. The van der Waals surface area contributed by atoms with Crippen molar-refractivity contribution in [3.05, 3.63) is 12.2 Å². The Balaban J connectivity index is 1.51. The van der Waals surface area contributed by atoms with Gasteiger partial charge in [-0.05, 0) is 62.0 Å². The molecule has 0 aromatic carbocycles. The highest BCUT2D eigenvalue weighted by molar-refractivity contribution is 5.40. The van der Waals surface area contributed by atoms with Crippen LogP contribution in [0.5, 0.6) is 0 Å². The third-order valence-corrected chi connectivity index (χ3v) is 11.0. The maximum Gasteiger partial charge on any atom is 0.116 e. The van der Waals surface area contributed by atoms with E-state index in [9.17, 15) is 10.2 Å². The van der Waals surface area contributed by atoms with Crippen molar-refractivity contribution in [2.24, 2.45) is 39.9 Å². The topological polar surface area (TPSA) is 52.9 Å². The number of piperidine rings is 1. The van der Waals surface area contributed by atoms with Crippen molar-refractivity contribution in [1.29, 1.82) is 0 Å². The van der Waals surface area contributed by atoms with Gasteiger partial charge in [0.2, 0.25) is 0 Å². The predicted molar refractivity (Wildman–Crippen MR) is 96.0 cm³/mol. The minimum atomic E-state index is -0.426. The van der Waals surface area contributed by atoms with Crippen LogP contribution in [0.4, 0.5) is 0 Å². The predicted octanol–water partition coefficient (Wildman–Crippen LogP) is 2.16. The second-order valence-corrected chi connectivity index (χ2v) is 10.9. The first-order valence-corrected chi connectivity index (χ1v) is 10.9. The maximum absolute atomic E-state index is 11.4. The number of nitrogens with zero attached hydrogens (tertiary/aromatic N) is 1. The Hall–Kier alpha value is -0.420. The summed E-state index contributed by atoms with van der Waals surface area (Å²) >= 11 is 0. The summed E-state index contributed by atoms with van der Waals surface area (Å²) in [6.07, 6.45) is 5.38. The first-order valence-electron chi connectivity index (χ1n) is 10.9. The fourth-order valence-electron chi connectivity index (χ4n) is 10.5. The highest BCUT2D eigenvalue weighted by Gasteiger charge is 2.88. The van der Waals surface area contributed by atoms with Crippen molar-refractivity contribution in [3.63, 3.8) is 0 Å². The van der Waals surface area contributed by atoms with Gasteiger partial charge in [-0.2, -0.15) is 0 Å². The number of ether oxygens (including phenoxy) is 1. The molecule has 5 aliphatic carbocycles. The molecule has 26 heavy (non-hydrogen) atoms. The van der Waals surface area contributed by atoms with E-state index in [-0.39, 0.29) is 34.5 Å². The van der Waals surface area contributed by atoms with Crippen LogP contribution in [0.1, 0.15) is 46.0 Å². The van der Waals surface area contributed by atoms with Gasteiger partial charge in [-0.25, -0.2) is 0 Å². The highest BCUT2D eigenvalue weighted by atomic mass is 16.5. The molecule has 4 aliphatic heterocycles. The minimum Gasteiger partial charge on any atom is -0.392 e. The highest BCUT2D eigenvalue weighted by Crippen LogP contribution is 2.86.